The van der Waals surface area contributed by atoms with Crippen LogP contribution in [0.2, 0.25) is 0 Å². The highest BCUT2D eigenvalue weighted by atomic mass is 32.2. The molecule has 25 heavy (non-hydrogen) atoms. The number of hydrogen-bond donors (Lipinski definition) is 1. The number of anilines is 1. The minimum absolute atomic E-state index is 0.271. The van der Waals surface area contributed by atoms with Crippen molar-refractivity contribution in [1.82, 2.24) is 0 Å². The average Bonchev–Trinajstić information content (AvgIpc) is 3.22. The van der Waals surface area contributed by atoms with E-state index in [1.807, 2.05) is 6.07 Å². The molecular formula is C17H15N3O4S. The molecule has 0 aliphatic carbocycles. The van der Waals surface area contributed by atoms with Crippen LogP contribution in [0.1, 0.15) is 19.1 Å². The number of thioether (sulfide) groups is 1. The molecule has 3 rings (SSSR count). The highest BCUT2D eigenvalue weighted by Crippen LogP contribution is 2.33. The quantitative estimate of drug-likeness (QED) is 0.655. The Morgan fingerprint density at radius 2 is 2.04 bits per heavy atom. The number of rotatable bonds is 5. The fourth-order valence-corrected chi connectivity index (χ4v) is 3.37. The number of benzene rings is 1. The predicted octanol–water partition coefficient (Wildman–Crippen LogP) is 2.98. The van der Waals surface area contributed by atoms with Crippen molar-refractivity contribution in [2.24, 2.45) is 10.2 Å². The van der Waals surface area contributed by atoms with Crippen LogP contribution in [0.25, 0.3) is 0 Å². The van der Waals surface area contributed by atoms with Gasteiger partial charge in [-0.3, -0.25) is 14.5 Å². The van der Waals surface area contributed by atoms with E-state index in [9.17, 15) is 9.59 Å². The first-order valence-corrected chi connectivity index (χ1v) is 8.38. The highest BCUT2D eigenvalue weighted by molar-refractivity contribution is 8.16. The summed E-state index contributed by atoms with van der Waals surface area (Å²) in [6.45, 7) is 1.74. The Balaban J connectivity index is 1.94. The molecular weight excluding hydrogens is 342 g/mol. The maximum absolute atomic E-state index is 12.6. The lowest BCUT2D eigenvalue weighted by molar-refractivity contribution is -0.138. The number of aliphatic carboxylic acids is 1. The number of carboxylic acids is 1. The molecule has 1 aromatic heterocycles. The lowest BCUT2D eigenvalue weighted by Gasteiger charge is -2.15. The van der Waals surface area contributed by atoms with Crippen LogP contribution in [-0.4, -0.2) is 33.1 Å². The van der Waals surface area contributed by atoms with Gasteiger partial charge in [-0.15, -0.1) is 10.2 Å². The van der Waals surface area contributed by atoms with Gasteiger partial charge in [0.2, 0.25) is 5.91 Å². The first kappa shape index (κ1) is 17.0. The van der Waals surface area contributed by atoms with Gasteiger partial charge in [-0.05, 0) is 31.2 Å². The van der Waals surface area contributed by atoms with E-state index >= 15 is 0 Å². The Morgan fingerprint density at radius 1 is 1.28 bits per heavy atom. The van der Waals surface area contributed by atoms with Crippen molar-refractivity contribution in [1.29, 1.82) is 0 Å². The highest BCUT2D eigenvalue weighted by Gasteiger charge is 2.40. The van der Waals surface area contributed by atoms with Crippen LogP contribution in [0.5, 0.6) is 0 Å². The third-order valence-corrected chi connectivity index (χ3v) is 4.60. The first-order valence-electron chi connectivity index (χ1n) is 7.50. The summed E-state index contributed by atoms with van der Waals surface area (Å²) in [5.41, 5.74) is 1.18. The van der Waals surface area contributed by atoms with Crippen LogP contribution in [0.15, 0.2) is 63.3 Å². The molecule has 128 valence electrons. The molecule has 1 saturated heterocycles. The number of carbonyl (C=O) groups is 2. The summed E-state index contributed by atoms with van der Waals surface area (Å²) in [4.78, 5) is 25.0. The van der Waals surface area contributed by atoms with Gasteiger partial charge in [0.15, 0.2) is 5.17 Å². The van der Waals surface area contributed by atoms with E-state index in [0.29, 0.717) is 22.3 Å². The summed E-state index contributed by atoms with van der Waals surface area (Å²) in [6, 6.07) is 12.5. The van der Waals surface area contributed by atoms with Gasteiger partial charge in [0.25, 0.3) is 0 Å². The summed E-state index contributed by atoms with van der Waals surface area (Å²) in [5.74, 6) is -0.773. The molecule has 7 nitrogen and oxygen atoms in total. The molecule has 2 heterocycles. The fourth-order valence-electron chi connectivity index (χ4n) is 2.29. The van der Waals surface area contributed by atoms with E-state index < -0.39 is 11.2 Å². The molecule has 0 unspecified atom stereocenters. The van der Waals surface area contributed by atoms with Crippen LogP contribution >= 0.6 is 11.8 Å². The second-order valence-electron chi connectivity index (χ2n) is 5.26. The molecule has 1 aliphatic rings. The SMILES string of the molecule is CC(=NN=C1S[C@@H](CC(=O)O)C(=O)N1c1ccccc1)c1ccco1. The third kappa shape index (κ3) is 3.80. The maximum atomic E-state index is 12.6. The third-order valence-electron chi connectivity index (χ3n) is 3.47. The van der Waals surface area contributed by atoms with Crippen LogP contribution in [0.3, 0.4) is 0 Å². The van der Waals surface area contributed by atoms with E-state index in [0.717, 1.165) is 11.8 Å². The number of carbonyl (C=O) groups excluding carboxylic acids is 1. The molecule has 0 spiro atoms. The molecule has 0 radical (unpaired) electrons. The van der Waals surface area contributed by atoms with Gasteiger partial charge in [0.1, 0.15) is 16.7 Å². The number of amides is 1. The Bertz CT molecular complexity index is 831. The van der Waals surface area contributed by atoms with Crippen LogP contribution < -0.4 is 4.90 Å². The van der Waals surface area contributed by atoms with E-state index in [2.05, 4.69) is 10.2 Å². The van der Waals surface area contributed by atoms with Gasteiger partial charge >= 0.3 is 5.97 Å². The molecule has 1 aromatic carbocycles. The van der Waals surface area contributed by atoms with Crippen molar-refractivity contribution in [3.63, 3.8) is 0 Å². The zero-order valence-electron chi connectivity index (χ0n) is 13.3. The molecule has 2 aromatic rings. The standard InChI is InChI=1S/C17H15N3O4S/c1-11(13-8-5-9-24-13)18-19-17-20(12-6-3-2-4-7-12)16(23)14(25-17)10-15(21)22/h2-9,14H,10H2,1H3,(H,21,22)/t14-/m0/s1. The number of furan rings is 1. The van der Waals surface area contributed by atoms with Crippen molar-refractivity contribution in [2.75, 3.05) is 4.90 Å². The van der Waals surface area contributed by atoms with Crippen molar-refractivity contribution in [2.45, 2.75) is 18.6 Å². The topological polar surface area (TPSA) is 95.5 Å². The summed E-state index contributed by atoms with van der Waals surface area (Å²) in [6.07, 6.45) is 1.27. The van der Waals surface area contributed by atoms with Gasteiger partial charge in [0, 0.05) is 0 Å². The number of hydrogen-bond acceptors (Lipinski definition) is 6. The number of para-hydroxylation sites is 1. The molecule has 1 fully saturated rings. The molecule has 0 bridgehead atoms. The molecule has 1 aliphatic heterocycles. The Hall–Kier alpha value is -2.87. The van der Waals surface area contributed by atoms with Crippen molar-refractivity contribution in [3.05, 3.63) is 54.5 Å². The molecule has 1 N–H and O–H groups in total. The second kappa shape index (κ2) is 7.35. The van der Waals surface area contributed by atoms with Gasteiger partial charge in [-0.25, -0.2) is 0 Å². The van der Waals surface area contributed by atoms with Gasteiger partial charge in [-0.1, -0.05) is 30.0 Å². The molecule has 0 saturated carbocycles. The number of carboxylic acid groups (broad SMARTS) is 1. The monoisotopic (exact) mass is 357 g/mol. The number of nitrogens with zero attached hydrogens (tertiary/aromatic N) is 3. The van der Waals surface area contributed by atoms with Crippen molar-refractivity contribution >= 4 is 40.2 Å². The lowest BCUT2D eigenvalue weighted by Crippen LogP contribution is -2.32. The summed E-state index contributed by atoms with van der Waals surface area (Å²) in [5, 5.41) is 16.9. The smallest absolute Gasteiger partial charge is 0.305 e. The number of amidine groups is 1. The molecule has 8 heteroatoms. The fraction of sp³-hybridized carbons (Fsp3) is 0.176. The average molecular weight is 357 g/mol. The zero-order valence-corrected chi connectivity index (χ0v) is 14.1. The summed E-state index contributed by atoms with van der Waals surface area (Å²) >= 11 is 1.10. The zero-order chi connectivity index (χ0) is 17.8. The van der Waals surface area contributed by atoms with E-state index in [1.165, 1.54) is 11.2 Å². The van der Waals surface area contributed by atoms with Gasteiger partial charge in [0.05, 0.1) is 18.4 Å². The second-order valence-corrected chi connectivity index (χ2v) is 6.43. The van der Waals surface area contributed by atoms with Crippen LogP contribution in [0, 0.1) is 0 Å². The predicted molar refractivity (Wildman–Crippen MR) is 95.9 cm³/mol. The van der Waals surface area contributed by atoms with Crippen LogP contribution in [0.4, 0.5) is 5.69 Å². The van der Waals surface area contributed by atoms with E-state index in [-0.39, 0.29) is 12.3 Å². The largest absolute Gasteiger partial charge is 0.481 e. The Morgan fingerprint density at radius 3 is 2.68 bits per heavy atom. The lowest BCUT2D eigenvalue weighted by atomic mass is 10.2. The molecule has 1 amide bonds. The van der Waals surface area contributed by atoms with Gasteiger partial charge < -0.3 is 9.52 Å². The Kier molecular flexibility index (Phi) is 4.99. The minimum atomic E-state index is -1.03. The van der Waals surface area contributed by atoms with Crippen molar-refractivity contribution < 1.29 is 19.1 Å². The van der Waals surface area contributed by atoms with Gasteiger partial charge in [-0.2, -0.15) is 0 Å². The van der Waals surface area contributed by atoms with E-state index in [1.54, 1.807) is 43.3 Å². The van der Waals surface area contributed by atoms with Crippen molar-refractivity contribution in [3.8, 4) is 0 Å². The molecule has 1 atom stereocenters. The van der Waals surface area contributed by atoms with E-state index in [4.69, 9.17) is 9.52 Å². The summed E-state index contributed by atoms with van der Waals surface area (Å²) < 4.78 is 5.25. The Labute approximate surface area is 148 Å². The first-order chi connectivity index (χ1) is 12.1. The minimum Gasteiger partial charge on any atom is -0.481 e. The van der Waals surface area contributed by atoms with Crippen LogP contribution in [-0.2, 0) is 9.59 Å². The summed E-state index contributed by atoms with van der Waals surface area (Å²) in [7, 11) is 0. The normalized spacial score (nSPS) is 19.6. The maximum Gasteiger partial charge on any atom is 0.305 e.